The van der Waals surface area contributed by atoms with E-state index < -0.39 is 0 Å². The van der Waals surface area contributed by atoms with Gasteiger partial charge in [-0.25, -0.2) is 0 Å². The van der Waals surface area contributed by atoms with Gasteiger partial charge in [-0.2, -0.15) is 0 Å². The normalized spacial score (nSPS) is 39.5. The molecule has 1 saturated heterocycles. The second kappa shape index (κ2) is 5.59. The van der Waals surface area contributed by atoms with E-state index in [-0.39, 0.29) is 22.8 Å². The smallest absolute Gasteiger partial charge is 0.251 e. The molecule has 1 unspecified atom stereocenters. The van der Waals surface area contributed by atoms with E-state index in [2.05, 4.69) is 26.1 Å². The first-order chi connectivity index (χ1) is 11.5. The standard InChI is InChI=1S/C21H29NO2/c1-4-17-16-12-15-13-21(16,10-11-24-17)19(20(15,2)3)22-18(23)14-8-6-5-7-9-14/h5-9,15-17,19H,4,10-13H2,1-3H3,(H,22,23)/t15-,16-,17-,19+,21?/m1/s1. The molecule has 2 aliphatic carbocycles. The highest BCUT2D eigenvalue weighted by Gasteiger charge is 2.68. The quantitative estimate of drug-likeness (QED) is 0.910. The zero-order valence-corrected chi connectivity index (χ0v) is 15.0. The molecule has 5 atom stereocenters. The first-order valence-corrected chi connectivity index (χ1v) is 9.46. The topological polar surface area (TPSA) is 38.3 Å². The van der Waals surface area contributed by atoms with Crippen molar-refractivity contribution < 1.29 is 9.53 Å². The minimum absolute atomic E-state index is 0.0777. The lowest BCUT2D eigenvalue weighted by Crippen LogP contribution is -2.60. The van der Waals surface area contributed by atoms with Crippen LogP contribution in [0, 0.1) is 22.7 Å². The van der Waals surface area contributed by atoms with Gasteiger partial charge in [0.2, 0.25) is 0 Å². The van der Waals surface area contributed by atoms with Crippen LogP contribution in [0.2, 0.25) is 0 Å². The molecule has 130 valence electrons. The molecule has 4 rings (SSSR count). The lowest BCUT2D eigenvalue weighted by Gasteiger charge is -2.53. The highest BCUT2D eigenvalue weighted by atomic mass is 16.5. The summed E-state index contributed by atoms with van der Waals surface area (Å²) in [5, 5.41) is 3.46. The van der Waals surface area contributed by atoms with Crippen molar-refractivity contribution in [2.45, 2.75) is 58.6 Å². The molecule has 1 heterocycles. The summed E-state index contributed by atoms with van der Waals surface area (Å²) in [5.41, 5.74) is 1.16. The Morgan fingerprint density at radius 1 is 1.29 bits per heavy atom. The SMILES string of the molecule is CC[C@H]1OCCC23C[C@@H](C[C@H]12)C(C)(C)[C@@H]3NC(=O)c1ccccc1. The monoisotopic (exact) mass is 327 g/mol. The van der Waals surface area contributed by atoms with Crippen molar-refractivity contribution in [1.82, 2.24) is 5.32 Å². The lowest BCUT2D eigenvalue weighted by atomic mass is 9.59. The van der Waals surface area contributed by atoms with E-state index in [0.717, 1.165) is 25.0 Å². The van der Waals surface area contributed by atoms with Crippen LogP contribution in [0.3, 0.4) is 0 Å². The molecule has 3 fully saturated rings. The van der Waals surface area contributed by atoms with Crippen LogP contribution < -0.4 is 5.32 Å². The van der Waals surface area contributed by atoms with E-state index in [1.54, 1.807) is 0 Å². The third kappa shape index (κ3) is 2.17. The molecule has 2 bridgehead atoms. The summed E-state index contributed by atoms with van der Waals surface area (Å²) < 4.78 is 6.08. The minimum atomic E-state index is 0.0777. The number of amides is 1. The van der Waals surface area contributed by atoms with E-state index in [4.69, 9.17) is 4.74 Å². The average molecular weight is 327 g/mol. The summed E-state index contributed by atoms with van der Waals surface area (Å²) in [5.74, 6) is 1.38. The number of fused-ring (bicyclic) bond motifs is 1. The van der Waals surface area contributed by atoms with Crippen LogP contribution in [0.5, 0.6) is 0 Å². The van der Waals surface area contributed by atoms with Crippen LogP contribution in [0.15, 0.2) is 30.3 Å². The number of hydrogen-bond donors (Lipinski definition) is 1. The Hall–Kier alpha value is -1.35. The van der Waals surface area contributed by atoms with Crippen molar-refractivity contribution in [3.8, 4) is 0 Å². The molecule has 2 saturated carbocycles. The predicted molar refractivity (Wildman–Crippen MR) is 94.8 cm³/mol. The van der Waals surface area contributed by atoms with Crippen LogP contribution in [-0.2, 0) is 4.74 Å². The van der Waals surface area contributed by atoms with Gasteiger partial charge in [0, 0.05) is 18.2 Å². The summed E-state index contributed by atoms with van der Waals surface area (Å²) >= 11 is 0. The van der Waals surface area contributed by atoms with Gasteiger partial charge >= 0.3 is 0 Å². The van der Waals surface area contributed by atoms with E-state index in [0.29, 0.717) is 17.9 Å². The fourth-order valence-corrected chi connectivity index (χ4v) is 6.12. The first-order valence-electron chi connectivity index (χ1n) is 9.46. The van der Waals surface area contributed by atoms with Crippen LogP contribution in [0.4, 0.5) is 0 Å². The molecular weight excluding hydrogens is 298 g/mol. The summed E-state index contributed by atoms with van der Waals surface area (Å²) in [7, 11) is 0. The Balaban J connectivity index is 1.64. The Morgan fingerprint density at radius 3 is 2.75 bits per heavy atom. The molecule has 24 heavy (non-hydrogen) atoms. The summed E-state index contributed by atoms with van der Waals surface area (Å²) in [6.45, 7) is 7.79. The van der Waals surface area contributed by atoms with Crippen molar-refractivity contribution in [1.29, 1.82) is 0 Å². The largest absolute Gasteiger partial charge is 0.378 e. The second-order valence-electron chi connectivity index (χ2n) is 8.64. The number of nitrogens with one attached hydrogen (secondary N) is 1. The van der Waals surface area contributed by atoms with Crippen molar-refractivity contribution in [3.63, 3.8) is 0 Å². The van der Waals surface area contributed by atoms with Gasteiger partial charge in [-0.15, -0.1) is 0 Å². The molecule has 1 aromatic rings. The molecule has 1 aliphatic heterocycles. The number of ether oxygens (including phenoxy) is 1. The average Bonchev–Trinajstić information content (AvgIpc) is 3.08. The fraction of sp³-hybridized carbons (Fsp3) is 0.667. The van der Waals surface area contributed by atoms with Crippen LogP contribution in [0.25, 0.3) is 0 Å². The molecule has 0 radical (unpaired) electrons. The van der Waals surface area contributed by atoms with Gasteiger partial charge in [0.15, 0.2) is 0 Å². The van der Waals surface area contributed by atoms with Gasteiger partial charge in [-0.05, 0) is 60.5 Å². The van der Waals surface area contributed by atoms with Gasteiger partial charge in [0.05, 0.1) is 6.10 Å². The Kier molecular flexibility index (Phi) is 3.76. The number of carbonyl (C=O) groups excluding carboxylic acids is 1. The van der Waals surface area contributed by atoms with Gasteiger partial charge in [0.25, 0.3) is 5.91 Å². The van der Waals surface area contributed by atoms with E-state index in [1.807, 2.05) is 30.3 Å². The highest BCUT2D eigenvalue weighted by Crippen LogP contribution is 2.68. The molecule has 1 N–H and O–H groups in total. The molecule has 1 aromatic carbocycles. The van der Waals surface area contributed by atoms with Gasteiger partial charge in [0.1, 0.15) is 0 Å². The summed E-state index contributed by atoms with van der Waals surface area (Å²) in [6, 6.07) is 9.89. The Morgan fingerprint density at radius 2 is 2.04 bits per heavy atom. The van der Waals surface area contributed by atoms with Crippen LogP contribution in [0.1, 0.15) is 56.8 Å². The minimum Gasteiger partial charge on any atom is -0.378 e. The van der Waals surface area contributed by atoms with E-state index in [9.17, 15) is 4.79 Å². The fourth-order valence-electron chi connectivity index (χ4n) is 6.12. The Labute approximate surface area is 145 Å². The van der Waals surface area contributed by atoms with Crippen molar-refractivity contribution >= 4 is 5.91 Å². The van der Waals surface area contributed by atoms with Crippen molar-refractivity contribution in [3.05, 3.63) is 35.9 Å². The van der Waals surface area contributed by atoms with Crippen LogP contribution >= 0.6 is 0 Å². The molecule has 0 aromatic heterocycles. The van der Waals surface area contributed by atoms with Gasteiger partial charge in [-0.3, -0.25) is 4.79 Å². The number of benzene rings is 1. The molecule has 3 nitrogen and oxygen atoms in total. The maximum Gasteiger partial charge on any atom is 0.251 e. The van der Waals surface area contributed by atoms with Crippen molar-refractivity contribution in [2.24, 2.45) is 22.7 Å². The van der Waals surface area contributed by atoms with Gasteiger partial charge < -0.3 is 10.1 Å². The van der Waals surface area contributed by atoms with Crippen LogP contribution in [-0.4, -0.2) is 24.7 Å². The highest BCUT2D eigenvalue weighted by molar-refractivity contribution is 5.94. The van der Waals surface area contributed by atoms with E-state index >= 15 is 0 Å². The molecule has 3 heteroatoms. The zero-order chi connectivity index (χ0) is 16.9. The number of rotatable bonds is 3. The maximum absolute atomic E-state index is 12.8. The summed E-state index contributed by atoms with van der Waals surface area (Å²) in [6.07, 6.45) is 5.07. The third-order valence-corrected chi connectivity index (χ3v) is 7.34. The second-order valence-corrected chi connectivity index (χ2v) is 8.64. The first kappa shape index (κ1) is 16.1. The van der Waals surface area contributed by atoms with Crippen molar-refractivity contribution in [2.75, 3.05) is 6.61 Å². The molecule has 3 aliphatic rings. The molecular formula is C21H29NO2. The Bertz CT molecular complexity index is 626. The maximum atomic E-state index is 12.8. The van der Waals surface area contributed by atoms with Gasteiger partial charge in [-0.1, -0.05) is 39.0 Å². The zero-order valence-electron chi connectivity index (χ0n) is 15.0. The predicted octanol–water partition coefficient (Wildman–Crippen LogP) is 4.04. The number of hydrogen-bond acceptors (Lipinski definition) is 2. The van der Waals surface area contributed by atoms with E-state index in [1.165, 1.54) is 12.8 Å². The third-order valence-electron chi connectivity index (χ3n) is 7.34. The number of carbonyl (C=O) groups is 1. The summed E-state index contributed by atoms with van der Waals surface area (Å²) in [4.78, 5) is 12.8. The molecule has 1 amide bonds. The molecule has 1 spiro atoms. The lowest BCUT2D eigenvalue weighted by molar-refractivity contribution is -0.118.